The summed E-state index contributed by atoms with van der Waals surface area (Å²) in [5.41, 5.74) is 0.717. The van der Waals surface area contributed by atoms with Crippen LogP contribution in [0.2, 0.25) is 0 Å². The van der Waals surface area contributed by atoms with Crippen molar-refractivity contribution in [1.82, 2.24) is 19.8 Å². The Morgan fingerprint density at radius 2 is 1.87 bits per heavy atom. The number of fused-ring (bicyclic) bond motifs is 1. The molecule has 1 aromatic carbocycles. The average molecular weight is 671 g/mol. The van der Waals surface area contributed by atoms with Crippen molar-refractivity contribution >= 4 is 28.9 Å². The van der Waals surface area contributed by atoms with Crippen LogP contribution in [0.4, 0.5) is 18.0 Å². The van der Waals surface area contributed by atoms with E-state index in [9.17, 15) is 32.7 Å². The zero-order chi connectivity index (χ0) is 33.7. The highest BCUT2D eigenvalue weighted by Crippen LogP contribution is 2.54. The molecule has 9 nitrogen and oxygen atoms in total. The number of aryl methyl sites for hydroxylation is 1. The van der Waals surface area contributed by atoms with Crippen LogP contribution in [0.15, 0.2) is 46.6 Å². The van der Waals surface area contributed by atoms with E-state index in [1.54, 1.807) is 16.2 Å². The third-order valence-corrected chi connectivity index (χ3v) is 10.0. The van der Waals surface area contributed by atoms with Gasteiger partial charge < -0.3 is 24.6 Å². The van der Waals surface area contributed by atoms with Gasteiger partial charge in [0.25, 0.3) is 11.5 Å². The summed E-state index contributed by atoms with van der Waals surface area (Å²) in [6.07, 6.45) is -1.40. The SMILES string of the molecule is CC(C)(C)OC(=O)N1CC=C(c2csc(C3(c4nc5c(c(=O)[nH]4)CN(C(=O)[C@H](O)c4cccc(C(F)(F)F)c4)CCC5)CC3)c2)CC1. The van der Waals surface area contributed by atoms with E-state index in [-0.39, 0.29) is 30.3 Å². The number of rotatable bonds is 5. The largest absolute Gasteiger partial charge is 0.444 e. The first-order valence-electron chi connectivity index (χ1n) is 15.7. The third-order valence-electron chi connectivity index (χ3n) is 8.87. The molecule has 1 atom stereocenters. The summed E-state index contributed by atoms with van der Waals surface area (Å²) >= 11 is 1.62. The van der Waals surface area contributed by atoms with Crippen molar-refractivity contribution in [2.45, 2.75) is 82.7 Å². The maximum atomic E-state index is 13.5. The van der Waals surface area contributed by atoms with E-state index in [0.29, 0.717) is 49.4 Å². The van der Waals surface area contributed by atoms with Crippen LogP contribution < -0.4 is 5.56 Å². The average Bonchev–Trinajstić information content (AvgIpc) is 3.73. The van der Waals surface area contributed by atoms with Gasteiger partial charge in [-0.1, -0.05) is 18.2 Å². The van der Waals surface area contributed by atoms with Crippen molar-refractivity contribution in [2.24, 2.45) is 0 Å². The van der Waals surface area contributed by atoms with Crippen molar-refractivity contribution in [3.05, 3.63) is 90.8 Å². The summed E-state index contributed by atoms with van der Waals surface area (Å²) in [5.74, 6) is -0.177. The molecule has 0 unspecified atom stereocenters. The first kappa shape index (κ1) is 33.0. The number of halogens is 3. The minimum Gasteiger partial charge on any atom is -0.444 e. The number of ether oxygens (including phenoxy) is 1. The number of H-pyrrole nitrogens is 1. The molecule has 13 heteroatoms. The molecule has 0 bridgehead atoms. The van der Waals surface area contributed by atoms with Crippen molar-refractivity contribution in [1.29, 1.82) is 0 Å². The van der Waals surface area contributed by atoms with Gasteiger partial charge in [0.15, 0.2) is 6.10 Å². The number of nitrogens with zero attached hydrogens (tertiary/aromatic N) is 3. The first-order chi connectivity index (χ1) is 22.1. The topological polar surface area (TPSA) is 116 Å². The summed E-state index contributed by atoms with van der Waals surface area (Å²) in [7, 11) is 0. The number of carbonyl (C=O) groups is 2. The fourth-order valence-electron chi connectivity index (χ4n) is 6.14. The van der Waals surface area contributed by atoms with Gasteiger partial charge in [0.1, 0.15) is 11.4 Å². The Labute approximate surface area is 274 Å². The minimum atomic E-state index is -4.61. The number of aromatic nitrogens is 2. The molecular formula is C34H37F3N4O5S. The highest BCUT2D eigenvalue weighted by molar-refractivity contribution is 7.10. The lowest BCUT2D eigenvalue weighted by molar-refractivity contribution is -0.142. The Bertz CT molecular complexity index is 1790. The summed E-state index contributed by atoms with van der Waals surface area (Å²) in [4.78, 5) is 51.1. The molecule has 6 rings (SSSR count). The van der Waals surface area contributed by atoms with Crippen LogP contribution >= 0.6 is 11.3 Å². The molecule has 2 N–H and O–H groups in total. The van der Waals surface area contributed by atoms with Gasteiger partial charge in [-0.15, -0.1) is 11.3 Å². The third kappa shape index (κ3) is 6.87. The molecule has 4 heterocycles. The number of thiophene rings is 1. The Balaban J connectivity index is 1.17. The summed E-state index contributed by atoms with van der Waals surface area (Å²) in [6, 6.07) is 6.22. The lowest BCUT2D eigenvalue weighted by Gasteiger charge is -2.29. The molecule has 1 fully saturated rings. The number of hydrogen-bond donors (Lipinski definition) is 2. The molecule has 0 radical (unpaired) electrons. The number of aliphatic hydroxyl groups excluding tert-OH is 1. The maximum Gasteiger partial charge on any atom is 0.416 e. The molecule has 0 saturated heterocycles. The fourth-order valence-corrected chi connectivity index (χ4v) is 7.34. The van der Waals surface area contributed by atoms with E-state index in [1.807, 2.05) is 20.8 Å². The summed E-state index contributed by atoms with van der Waals surface area (Å²) < 4.78 is 45.1. The Morgan fingerprint density at radius 1 is 1.11 bits per heavy atom. The molecule has 3 aliphatic rings. The predicted molar refractivity (Wildman–Crippen MR) is 170 cm³/mol. The zero-order valence-electron chi connectivity index (χ0n) is 26.4. The normalized spacial score (nSPS) is 18.6. The second kappa shape index (κ2) is 12.2. The number of aromatic amines is 1. The van der Waals surface area contributed by atoms with Crippen LogP contribution in [0.5, 0.6) is 0 Å². The molecule has 47 heavy (non-hydrogen) atoms. The van der Waals surface area contributed by atoms with Crippen LogP contribution in [-0.2, 0) is 34.1 Å². The van der Waals surface area contributed by atoms with Crippen LogP contribution in [0.1, 0.15) is 91.2 Å². The Morgan fingerprint density at radius 3 is 2.53 bits per heavy atom. The molecule has 2 aliphatic heterocycles. The maximum absolute atomic E-state index is 13.5. The number of alkyl halides is 3. The molecule has 2 amide bonds. The van der Waals surface area contributed by atoms with Gasteiger partial charge in [-0.05, 0) is 93.2 Å². The molecule has 1 aliphatic carbocycles. The fraction of sp³-hybridized carbons (Fsp3) is 0.471. The quantitative estimate of drug-likeness (QED) is 0.346. The van der Waals surface area contributed by atoms with Gasteiger partial charge in [0.05, 0.1) is 28.8 Å². The summed E-state index contributed by atoms with van der Waals surface area (Å²) in [6.45, 7) is 6.69. The zero-order valence-corrected chi connectivity index (χ0v) is 27.3. The van der Waals surface area contributed by atoms with E-state index in [2.05, 4.69) is 22.5 Å². The van der Waals surface area contributed by atoms with E-state index >= 15 is 0 Å². The highest BCUT2D eigenvalue weighted by atomic mass is 32.1. The molecule has 0 spiro atoms. The van der Waals surface area contributed by atoms with Gasteiger partial charge in [-0.2, -0.15) is 13.2 Å². The number of aliphatic hydroxyl groups is 1. The van der Waals surface area contributed by atoms with Gasteiger partial charge in [-0.3, -0.25) is 9.59 Å². The number of benzene rings is 1. The van der Waals surface area contributed by atoms with Crippen LogP contribution in [0.3, 0.4) is 0 Å². The van der Waals surface area contributed by atoms with E-state index in [4.69, 9.17) is 9.72 Å². The Hall–Kier alpha value is -3.97. The van der Waals surface area contributed by atoms with Gasteiger partial charge in [-0.25, -0.2) is 9.78 Å². The monoisotopic (exact) mass is 670 g/mol. The second-order valence-corrected chi connectivity index (χ2v) is 14.3. The van der Waals surface area contributed by atoms with Gasteiger partial charge >= 0.3 is 12.3 Å². The second-order valence-electron chi connectivity index (χ2n) is 13.4. The molecule has 250 valence electrons. The Kier molecular flexibility index (Phi) is 8.58. The molecule has 1 saturated carbocycles. The number of amides is 2. The molecule has 3 aromatic rings. The van der Waals surface area contributed by atoms with E-state index in [0.717, 1.165) is 47.1 Å². The smallest absolute Gasteiger partial charge is 0.416 e. The van der Waals surface area contributed by atoms with Crippen molar-refractivity contribution < 1.29 is 32.6 Å². The van der Waals surface area contributed by atoms with Crippen LogP contribution in [0, 0.1) is 0 Å². The number of carbonyl (C=O) groups excluding carboxylic acids is 2. The first-order valence-corrected chi connectivity index (χ1v) is 16.6. The van der Waals surface area contributed by atoms with E-state index < -0.39 is 34.8 Å². The van der Waals surface area contributed by atoms with Crippen LogP contribution in [-0.4, -0.2) is 62.1 Å². The van der Waals surface area contributed by atoms with Gasteiger partial charge in [0.2, 0.25) is 0 Å². The predicted octanol–water partition coefficient (Wildman–Crippen LogP) is 5.96. The van der Waals surface area contributed by atoms with E-state index in [1.165, 1.54) is 11.0 Å². The molecular weight excluding hydrogens is 633 g/mol. The van der Waals surface area contributed by atoms with Crippen molar-refractivity contribution in [3.8, 4) is 0 Å². The number of nitrogens with one attached hydrogen (secondary N) is 1. The standard InChI is InChI=1S/C34H37F3N4O5S/c1-32(2,3)46-31(45)40-14-9-20(10-15-40)22-17-26(47-19-22)33(11-12-33)30-38-25-8-5-13-41(18-24(25)28(43)39-30)29(44)27(42)21-6-4-7-23(16-21)34(35,36)37/h4,6-7,9,16-17,19,27,42H,5,8,10-15,18H2,1-3H3,(H,38,39,43)/t27-/m1/s1. The minimum absolute atomic E-state index is 0.0998. The van der Waals surface area contributed by atoms with Crippen molar-refractivity contribution in [2.75, 3.05) is 19.6 Å². The van der Waals surface area contributed by atoms with Gasteiger partial charge in [0, 0.05) is 24.5 Å². The lowest BCUT2D eigenvalue weighted by atomic mass is 9.98. The van der Waals surface area contributed by atoms with Crippen LogP contribution in [0.25, 0.3) is 5.57 Å². The number of hydrogen-bond acceptors (Lipinski definition) is 7. The van der Waals surface area contributed by atoms with Crippen molar-refractivity contribution in [3.63, 3.8) is 0 Å². The summed E-state index contributed by atoms with van der Waals surface area (Å²) in [5, 5.41) is 12.8. The molecule has 2 aromatic heterocycles. The lowest BCUT2D eigenvalue weighted by Crippen LogP contribution is -2.39. The highest BCUT2D eigenvalue weighted by Gasteiger charge is 2.50.